The van der Waals surface area contributed by atoms with E-state index in [1.165, 1.54) is 6.33 Å². The quantitative estimate of drug-likeness (QED) is 0.725. The van der Waals surface area contributed by atoms with Crippen molar-refractivity contribution in [2.45, 2.75) is 6.92 Å². The largest absolute Gasteiger partial charge is 0.476 e. The number of carboxylic acid groups (broad SMARTS) is 1. The molecule has 0 aliphatic heterocycles. The van der Waals surface area contributed by atoms with Crippen LogP contribution >= 0.6 is 0 Å². The Balaban J connectivity index is 2.81. The highest BCUT2D eigenvalue weighted by molar-refractivity contribution is 5.99. The van der Waals surface area contributed by atoms with E-state index in [2.05, 4.69) is 15.0 Å². The van der Waals surface area contributed by atoms with Crippen LogP contribution in [0.2, 0.25) is 0 Å². The predicted molar refractivity (Wildman–Crippen MR) is 49.0 cm³/mol. The van der Waals surface area contributed by atoms with Crippen molar-refractivity contribution in [1.29, 1.82) is 0 Å². The summed E-state index contributed by atoms with van der Waals surface area (Å²) in [5.74, 6) is -1.07. The Kier molecular flexibility index (Phi) is 1.85. The van der Waals surface area contributed by atoms with E-state index in [4.69, 9.17) is 5.11 Å². The number of aromatic nitrogens is 3. The zero-order valence-electron chi connectivity index (χ0n) is 7.43. The Morgan fingerprint density at radius 3 is 2.86 bits per heavy atom. The molecule has 0 atom stereocenters. The summed E-state index contributed by atoms with van der Waals surface area (Å²) in [6.07, 6.45) is 1.21. The molecule has 0 spiro atoms. The lowest BCUT2D eigenvalue weighted by Crippen LogP contribution is -2.03. The number of aromatic carboxylic acids is 1. The third-order valence-corrected chi connectivity index (χ3v) is 1.84. The van der Waals surface area contributed by atoms with E-state index in [0.717, 1.165) is 5.69 Å². The third-order valence-electron chi connectivity index (χ3n) is 1.84. The first-order chi connectivity index (χ1) is 6.68. The van der Waals surface area contributed by atoms with E-state index < -0.39 is 5.97 Å². The van der Waals surface area contributed by atoms with E-state index in [0.29, 0.717) is 11.0 Å². The molecule has 0 saturated heterocycles. The topological polar surface area (TPSA) is 76.0 Å². The number of hydrogen-bond donors (Lipinski definition) is 1. The summed E-state index contributed by atoms with van der Waals surface area (Å²) in [5, 5.41) is 9.30. The SMILES string of the molecule is Cc1ccc2c(C(=O)O)ncnc2n1. The normalized spacial score (nSPS) is 10.4. The summed E-state index contributed by atoms with van der Waals surface area (Å²) in [5.41, 5.74) is 1.20. The van der Waals surface area contributed by atoms with Gasteiger partial charge in [0.25, 0.3) is 0 Å². The van der Waals surface area contributed by atoms with Crippen molar-refractivity contribution in [2.75, 3.05) is 0 Å². The van der Waals surface area contributed by atoms with Crippen LogP contribution in [-0.2, 0) is 0 Å². The van der Waals surface area contributed by atoms with Crippen molar-refractivity contribution in [3.63, 3.8) is 0 Å². The summed E-state index contributed by atoms with van der Waals surface area (Å²) in [7, 11) is 0. The minimum absolute atomic E-state index is 0.0116. The van der Waals surface area contributed by atoms with Gasteiger partial charge in [-0.25, -0.2) is 19.7 Å². The van der Waals surface area contributed by atoms with Crippen molar-refractivity contribution in [3.8, 4) is 0 Å². The molecule has 2 aromatic rings. The van der Waals surface area contributed by atoms with Gasteiger partial charge >= 0.3 is 5.97 Å². The number of fused-ring (bicyclic) bond motifs is 1. The van der Waals surface area contributed by atoms with Crippen LogP contribution in [0.1, 0.15) is 16.2 Å². The van der Waals surface area contributed by atoms with Crippen LogP contribution in [0, 0.1) is 6.92 Å². The van der Waals surface area contributed by atoms with Crippen LogP contribution < -0.4 is 0 Å². The van der Waals surface area contributed by atoms with Gasteiger partial charge in [0, 0.05) is 5.69 Å². The molecular formula is C9H7N3O2. The van der Waals surface area contributed by atoms with E-state index in [1.54, 1.807) is 12.1 Å². The van der Waals surface area contributed by atoms with E-state index in [-0.39, 0.29) is 5.69 Å². The Hall–Kier alpha value is -2.04. The fourth-order valence-corrected chi connectivity index (χ4v) is 1.21. The zero-order valence-corrected chi connectivity index (χ0v) is 7.43. The lowest BCUT2D eigenvalue weighted by molar-refractivity contribution is 0.0692. The van der Waals surface area contributed by atoms with Crippen LogP contribution in [0.15, 0.2) is 18.5 Å². The highest BCUT2D eigenvalue weighted by atomic mass is 16.4. The summed E-state index contributed by atoms with van der Waals surface area (Å²) in [6, 6.07) is 3.40. The predicted octanol–water partition coefficient (Wildman–Crippen LogP) is 1.03. The molecule has 5 heteroatoms. The molecule has 0 aliphatic rings. The Morgan fingerprint density at radius 1 is 1.36 bits per heavy atom. The number of carbonyl (C=O) groups is 1. The molecule has 0 amide bonds. The van der Waals surface area contributed by atoms with Crippen molar-refractivity contribution in [2.24, 2.45) is 0 Å². The standard InChI is InChI=1S/C9H7N3O2/c1-5-2-3-6-7(9(13)14)10-4-11-8(6)12-5/h2-4H,1H3,(H,13,14). The Labute approximate surface area is 79.5 Å². The molecule has 2 heterocycles. The molecule has 0 saturated carbocycles. The number of aryl methyl sites for hydroxylation is 1. The molecule has 2 aromatic heterocycles. The zero-order chi connectivity index (χ0) is 10.1. The van der Waals surface area contributed by atoms with Gasteiger partial charge in [0.05, 0.1) is 5.39 Å². The van der Waals surface area contributed by atoms with Crippen LogP contribution in [-0.4, -0.2) is 26.0 Å². The van der Waals surface area contributed by atoms with Crippen molar-refractivity contribution >= 4 is 17.0 Å². The second-order valence-electron chi connectivity index (χ2n) is 2.85. The number of carboxylic acids is 1. The second-order valence-corrected chi connectivity index (χ2v) is 2.85. The van der Waals surface area contributed by atoms with Gasteiger partial charge in [-0.1, -0.05) is 0 Å². The van der Waals surface area contributed by atoms with Crippen molar-refractivity contribution < 1.29 is 9.90 Å². The van der Waals surface area contributed by atoms with Crippen molar-refractivity contribution in [1.82, 2.24) is 15.0 Å². The fraction of sp³-hybridized carbons (Fsp3) is 0.111. The van der Waals surface area contributed by atoms with Gasteiger partial charge in [0.1, 0.15) is 6.33 Å². The summed E-state index contributed by atoms with van der Waals surface area (Å²) in [4.78, 5) is 22.5. The molecule has 14 heavy (non-hydrogen) atoms. The molecule has 0 fully saturated rings. The average Bonchev–Trinajstić information content (AvgIpc) is 2.16. The smallest absolute Gasteiger partial charge is 0.355 e. The minimum atomic E-state index is -1.07. The molecular weight excluding hydrogens is 182 g/mol. The average molecular weight is 189 g/mol. The molecule has 5 nitrogen and oxygen atoms in total. The van der Waals surface area contributed by atoms with Crippen LogP contribution in [0.5, 0.6) is 0 Å². The van der Waals surface area contributed by atoms with E-state index >= 15 is 0 Å². The molecule has 2 rings (SSSR count). The molecule has 1 N–H and O–H groups in total. The lowest BCUT2D eigenvalue weighted by atomic mass is 10.2. The molecule has 0 unspecified atom stereocenters. The van der Waals surface area contributed by atoms with E-state index in [1.807, 2.05) is 6.92 Å². The summed E-state index contributed by atoms with van der Waals surface area (Å²) >= 11 is 0. The van der Waals surface area contributed by atoms with Gasteiger partial charge < -0.3 is 5.11 Å². The molecule has 0 aliphatic carbocycles. The van der Waals surface area contributed by atoms with Crippen molar-refractivity contribution in [3.05, 3.63) is 29.8 Å². The maximum atomic E-state index is 10.8. The maximum Gasteiger partial charge on any atom is 0.355 e. The van der Waals surface area contributed by atoms with Gasteiger partial charge in [-0.05, 0) is 19.1 Å². The molecule has 70 valence electrons. The highest BCUT2D eigenvalue weighted by Gasteiger charge is 2.10. The van der Waals surface area contributed by atoms with Crippen LogP contribution in [0.4, 0.5) is 0 Å². The fourth-order valence-electron chi connectivity index (χ4n) is 1.21. The Bertz CT molecular complexity index is 510. The van der Waals surface area contributed by atoms with Gasteiger partial charge in [0.15, 0.2) is 11.3 Å². The number of nitrogens with zero attached hydrogens (tertiary/aromatic N) is 3. The first-order valence-corrected chi connectivity index (χ1v) is 4.00. The maximum absolute atomic E-state index is 10.8. The van der Waals surface area contributed by atoms with Crippen LogP contribution in [0.3, 0.4) is 0 Å². The minimum Gasteiger partial charge on any atom is -0.476 e. The summed E-state index contributed by atoms with van der Waals surface area (Å²) < 4.78 is 0. The monoisotopic (exact) mass is 189 g/mol. The first-order valence-electron chi connectivity index (χ1n) is 4.00. The Morgan fingerprint density at radius 2 is 2.14 bits per heavy atom. The van der Waals surface area contributed by atoms with Gasteiger partial charge in [-0.3, -0.25) is 0 Å². The number of hydrogen-bond acceptors (Lipinski definition) is 4. The second kappa shape index (κ2) is 3.02. The van der Waals surface area contributed by atoms with Gasteiger partial charge in [-0.15, -0.1) is 0 Å². The lowest BCUT2D eigenvalue weighted by Gasteiger charge is -1.99. The van der Waals surface area contributed by atoms with Gasteiger partial charge in [-0.2, -0.15) is 0 Å². The number of rotatable bonds is 1. The van der Waals surface area contributed by atoms with Crippen LogP contribution in [0.25, 0.3) is 11.0 Å². The third kappa shape index (κ3) is 1.28. The first kappa shape index (κ1) is 8.55. The van der Waals surface area contributed by atoms with Gasteiger partial charge in [0.2, 0.25) is 0 Å². The molecule has 0 aromatic carbocycles. The van der Waals surface area contributed by atoms with E-state index in [9.17, 15) is 4.79 Å². The number of pyridine rings is 1. The summed E-state index contributed by atoms with van der Waals surface area (Å²) in [6.45, 7) is 1.82. The molecule has 0 bridgehead atoms. The highest BCUT2D eigenvalue weighted by Crippen LogP contribution is 2.12. The molecule has 0 radical (unpaired) electrons.